The van der Waals surface area contributed by atoms with Crippen LogP contribution in [-0.4, -0.2) is 99.7 Å². The average Bonchev–Trinajstić information content (AvgIpc) is 2.76. The molecule has 0 aromatic carbocycles. The first-order valence-corrected chi connectivity index (χ1v) is 10.9. The summed E-state index contributed by atoms with van der Waals surface area (Å²) in [5, 5.41) is 61.5. The largest absolute Gasteiger partial charge is 0.463 e. The molecule has 2 aliphatic heterocycles. The van der Waals surface area contributed by atoms with E-state index in [-0.39, 0.29) is 23.7 Å². The van der Waals surface area contributed by atoms with Gasteiger partial charge in [0.05, 0.1) is 6.61 Å². The van der Waals surface area contributed by atoms with Gasteiger partial charge in [-0.2, -0.15) is 0 Å². The highest BCUT2D eigenvalue weighted by Crippen LogP contribution is 2.62. The Bertz CT molecular complexity index is 692. The third kappa shape index (κ3) is 3.81. The Morgan fingerprint density at radius 2 is 1.61 bits per heavy atom. The number of aliphatic hydroxyl groups excluding tert-OH is 6. The second-order valence-corrected chi connectivity index (χ2v) is 9.74. The second kappa shape index (κ2) is 8.51. The van der Waals surface area contributed by atoms with Gasteiger partial charge in [0.2, 0.25) is 6.29 Å². The van der Waals surface area contributed by atoms with Crippen molar-refractivity contribution in [1.29, 1.82) is 0 Å². The van der Waals surface area contributed by atoms with E-state index in [9.17, 15) is 30.6 Å². The summed E-state index contributed by atoms with van der Waals surface area (Å²) < 4.78 is 22.4. The molecule has 10 nitrogen and oxygen atoms in total. The molecule has 6 N–H and O–H groups in total. The molecule has 0 spiro atoms. The molecule has 3 aliphatic carbocycles. The highest BCUT2D eigenvalue weighted by Gasteiger charge is 2.56. The smallest absolute Gasteiger partial charge is 0.228 e. The van der Waals surface area contributed by atoms with E-state index < -0.39 is 55.3 Å². The van der Waals surface area contributed by atoms with Crippen LogP contribution in [0.1, 0.15) is 33.1 Å². The Morgan fingerprint density at radius 3 is 2.23 bits per heavy atom. The maximum atomic E-state index is 10.7. The van der Waals surface area contributed by atoms with Crippen molar-refractivity contribution in [2.75, 3.05) is 13.7 Å². The first-order valence-electron chi connectivity index (χ1n) is 10.9. The molecular weight excluding hydrogens is 412 g/mol. The van der Waals surface area contributed by atoms with Crippen LogP contribution in [0.4, 0.5) is 0 Å². The fourth-order valence-electron chi connectivity index (χ4n) is 5.49. The van der Waals surface area contributed by atoms with Gasteiger partial charge < -0.3 is 49.6 Å². The van der Waals surface area contributed by atoms with E-state index in [1.54, 1.807) is 0 Å². The number of hydrogen-bond donors (Lipinski definition) is 6. The molecular formula is C21H34O10. The number of aliphatic hydroxyl groups is 6. The minimum absolute atomic E-state index is 0.0162. The van der Waals surface area contributed by atoms with Crippen molar-refractivity contribution in [1.82, 2.24) is 0 Å². The molecule has 0 amide bonds. The zero-order chi connectivity index (χ0) is 22.7. The predicted molar refractivity (Wildman–Crippen MR) is 104 cm³/mol. The third-order valence-corrected chi connectivity index (χ3v) is 7.73. The molecule has 0 radical (unpaired) electrons. The Balaban J connectivity index is 1.69. The van der Waals surface area contributed by atoms with Crippen molar-refractivity contribution in [2.24, 2.45) is 17.3 Å². The van der Waals surface area contributed by atoms with Crippen LogP contribution in [0.2, 0.25) is 0 Å². The van der Waals surface area contributed by atoms with Crippen LogP contribution in [0.3, 0.4) is 0 Å². The first-order chi connectivity index (χ1) is 14.6. The molecule has 31 heavy (non-hydrogen) atoms. The Kier molecular flexibility index (Phi) is 6.41. The molecule has 2 saturated heterocycles. The Hall–Kier alpha value is -0.820. The van der Waals surface area contributed by atoms with Crippen LogP contribution < -0.4 is 0 Å². The van der Waals surface area contributed by atoms with Crippen LogP contribution in [0, 0.1) is 17.3 Å². The summed E-state index contributed by atoms with van der Waals surface area (Å²) in [4.78, 5) is 0. The highest BCUT2D eigenvalue weighted by molar-refractivity contribution is 5.28. The van der Waals surface area contributed by atoms with Crippen molar-refractivity contribution in [2.45, 2.75) is 88.4 Å². The van der Waals surface area contributed by atoms with Gasteiger partial charge >= 0.3 is 0 Å². The average molecular weight is 446 g/mol. The number of ether oxygens (including phenoxy) is 4. The molecule has 5 rings (SSSR count). The summed E-state index contributed by atoms with van der Waals surface area (Å²) in [6, 6.07) is 0. The van der Waals surface area contributed by atoms with E-state index in [0.717, 1.165) is 18.4 Å². The van der Waals surface area contributed by atoms with E-state index >= 15 is 0 Å². The van der Waals surface area contributed by atoms with E-state index in [1.165, 1.54) is 7.11 Å². The third-order valence-electron chi connectivity index (χ3n) is 7.73. The lowest BCUT2D eigenvalue weighted by atomic mass is 9.47. The molecule has 10 heteroatoms. The molecule has 11 atom stereocenters. The minimum Gasteiger partial charge on any atom is -0.463 e. The van der Waals surface area contributed by atoms with Crippen LogP contribution in [0.5, 0.6) is 0 Å². The molecule has 3 saturated carbocycles. The fourth-order valence-corrected chi connectivity index (χ4v) is 5.49. The number of rotatable bonds is 4. The van der Waals surface area contributed by atoms with Gasteiger partial charge in [-0.3, -0.25) is 0 Å². The van der Waals surface area contributed by atoms with Crippen molar-refractivity contribution >= 4 is 0 Å². The lowest BCUT2D eigenvalue weighted by Crippen LogP contribution is -2.60. The van der Waals surface area contributed by atoms with E-state index in [2.05, 4.69) is 13.8 Å². The normalized spacial score (nSPS) is 51.1. The maximum absolute atomic E-state index is 10.7. The predicted octanol–water partition coefficient (Wildman–Crippen LogP) is -1.39. The fraction of sp³-hybridized carbons (Fsp3) is 0.905. The lowest BCUT2D eigenvalue weighted by Gasteiger charge is -2.58. The standard InChI is InChI=1S/C21H34O10/c1-21(2)8-4-5-9(10(21)6-8)17(30-20-15(26)12(23)11(22)7-29-20)18-14(25)13(24)16(27)19(28-3)31-18/h8,10-16,18-20,22-27H,4-7H2,1-3H3/b17-9-/t8-,10-,11+,12+,13+,14+,15-,16-,18-,19+,20+/m1/s1. The molecule has 2 bridgehead atoms. The monoisotopic (exact) mass is 446 g/mol. The maximum Gasteiger partial charge on any atom is 0.228 e. The molecule has 0 aromatic rings. The molecule has 0 aromatic heterocycles. The van der Waals surface area contributed by atoms with Crippen molar-refractivity contribution in [3.8, 4) is 0 Å². The van der Waals surface area contributed by atoms with E-state index in [0.29, 0.717) is 12.3 Å². The number of hydrogen-bond acceptors (Lipinski definition) is 10. The van der Waals surface area contributed by atoms with Gasteiger partial charge in [0, 0.05) is 7.11 Å². The quantitative estimate of drug-likeness (QED) is 0.284. The van der Waals surface area contributed by atoms with Gasteiger partial charge in [0.25, 0.3) is 0 Å². The number of allylic oxidation sites excluding steroid dienone is 1. The molecule has 5 fully saturated rings. The first kappa shape index (κ1) is 23.3. The topological polar surface area (TPSA) is 158 Å². The molecule has 0 unspecified atom stereocenters. The summed E-state index contributed by atoms with van der Waals surface area (Å²) in [6.07, 6.45) is -9.87. The van der Waals surface area contributed by atoms with Gasteiger partial charge in [-0.05, 0) is 42.1 Å². The van der Waals surface area contributed by atoms with Crippen LogP contribution >= 0.6 is 0 Å². The van der Waals surface area contributed by atoms with Gasteiger partial charge in [0.1, 0.15) is 48.5 Å². The molecule has 178 valence electrons. The van der Waals surface area contributed by atoms with Crippen LogP contribution in [0.25, 0.3) is 0 Å². The van der Waals surface area contributed by atoms with E-state index in [1.807, 2.05) is 0 Å². The van der Waals surface area contributed by atoms with Crippen molar-refractivity contribution in [3.63, 3.8) is 0 Å². The number of fused-ring (bicyclic) bond motifs is 2. The zero-order valence-corrected chi connectivity index (χ0v) is 18.0. The van der Waals surface area contributed by atoms with Crippen LogP contribution in [0.15, 0.2) is 11.3 Å². The number of methoxy groups -OCH3 is 1. The minimum atomic E-state index is -1.54. The SMILES string of the molecule is CO[C@H]1O[C@@H](/C(O[C@@H]2OC[C@H](O)[C@H](O)[C@H]2O)=C2\CC[C@@H]3C[C@H]2C3(C)C)[C@@H](O)[C@H](O)[C@H]1O. The lowest BCUT2D eigenvalue weighted by molar-refractivity contribution is -0.302. The van der Waals surface area contributed by atoms with Crippen LogP contribution in [-0.2, 0) is 18.9 Å². The second-order valence-electron chi connectivity index (χ2n) is 9.74. The summed E-state index contributed by atoms with van der Waals surface area (Å²) in [5.41, 5.74) is 0.911. The van der Waals surface area contributed by atoms with Gasteiger partial charge in [-0.25, -0.2) is 0 Å². The van der Waals surface area contributed by atoms with Gasteiger partial charge in [-0.15, -0.1) is 0 Å². The Labute approximate surface area is 181 Å². The summed E-state index contributed by atoms with van der Waals surface area (Å²) in [7, 11) is 1.31. The molecule has 2 heterocycles. The summed E-state index contributed by atoms with van der Waals surface area (Å²) >= 11 is 0. The van der Waals surface area contributed by atoms with E-state index in [4.69, 9.17) is 18.9 Å². The highest BCUT2D eigenvalue weighted by atomic mass is 16.7. The zero-order valence-electron chi connectivity index (χ0n) is 18.0. The Morgan fingerprint density at radius 1 is 0.935 bits per heavy atom. The summed E-state index contributed by atoms with van der Waals surface area (Å²) in [5.74, 6) is 0.940. The molecule has 5 aliphatic rings. The van der Waals surface area contributed by atoms with Crippen molar-refractivity contribution in [3.05, 3.63) is 11.3 Å². The summed E-state index contributed by atoms with van der Waals surface area (Å²) in [6.45, 7) is 4.10. The van der Waals surface area contributed by atoms with Gasteiger partial charge in [-0.1, -0.05) is 13.8 Å². The van der Waals surface area contributed by atoms with Gasteiger partial charge in [0.15, 0.2) is 6.29 Å². The van der Waals surface area contributed by atoms with Crippen molar-refractivity contribution < 1.29 is 49.6 Å².